The van der Waals surface area contributed by atoms with Gasteiger partial charge in [-0.1, -0.05) is 36.7 Å². The molecule has 0 fully saturated rings. The summed E-state index contributed by atoms with van der Waals surface area (Å²) in [6.07, 6.45) is -14.7. The van der Waals surface area contributed by atoms with Crippen LogP contribution in [-0.2, 0) is 17.4 Å². The van der Waals surface area contributed by atoms with Crippen LogP contribution >= 0.6 is 11.6 Å². The van der Waals surface area contributed by atoms with Crippen molar-refractivity contribution < 1.29 is 53.5 Å². The fourth-order valence-corrected chi connectivity index (χ4v) is 3.79. The van der Waals surface area contributed by atoms with Crippen molar-refractivity contribution in [1.82, 2.24) is 10.6 Å². The molecule has 15 heteroatoms. The van der Waals surface area contributed by atoms with Gasteiger partial charge in [0.05, 0.1) is 11.1 Å². The number of amides is 2. The predicted octanol–water partition coefficient (Wildman–Crippen LogP) is 7.37. The first-order valence-corrected chi connectivity index (χ1v) is 11.7. The Morgan fingerprint density at radius 3 is 2.10 bits per heavy atom. The van der Waals surface area contributed by atoms with Crippen molar-refractivity contribution in [2.45, 2.75) is 50.8 Å². The normalized spacial score (nSPS) is 14.5. The van der Waals surface area contributed by atoms with Crippen LogP contribution < -0.4 is 10.6 Å². The largest absolute Gasteiger partial charge is 0.417 e. The van der Waals surface area contributed by atoms with Crippen LogP contribution in [0.25, 0.3) is 5.83 Å². The topological polar surface area (TPSA) is 58.2 Å². The molecule has 0 radical (unpaired) electrons. The molecule has 40 heavy (non-hydrogen) atoms. The second-order valence-electron chi connectivity index (χ2n) is 8.52. The Morgan fingerprint density at radius 2 is 1.60 bits per heavy atom. The van der Waals surface area contributed by atoms with E-state index in [9.17, 15) is 53.5 Å². The number of allylic oxidation sites excluding steroid dienone is 1. The average Bonchev–Trinajstić information content (AvgIpc) is 2.83. The number of hydrogen-bond donors (Lipinski definition) is 2. The van der Waals surface area contributed by atoms with Crippen molar-refractivity contribution in [3.8, 4) is 0 Å². The third-order valence-electron chi connectivity index (χ3n) is 5.53. The van der Waals surface area contributed by atoms with Gasteiger partial charge in [-0.3, -0.25) is 9.59 Å². The number of rotatable bonds is 8. The van der Waals surface area contributed by atoms with E-state index in [-0.39, 0.29) is 17.2 Å². The highest BCUT2D eigenvalue weighted by atomic mass is 35.5. The Kier molecular flexibility index (Phi) is 10.3. The zero-order chi connectivity index (χ0) is 30.6. The van der Waals surface area contributed by atoms with Gasteiger partial charge in [-0.25, -0.2) is 4.39 Å². The van der Waals surface area contributed by atoms with Crippen molar-refractivity contribution in [1.29, 1.82) is 0 Å². The van der Waals surface area contributed by atoms with Gasteiger partial charge in [0.2, 0.25) is 5.91 Å². The van der Waals surface area contributed by atoms with E-state index < -0.39 is 76.9 Å². The maximum absolute atomic E-state index is 15.0. The molecule has 0 saturated heterocycles. The Morgan fingerprint density at radius 1 is 0.975 bits per heavy atom. The molecule has 0 aromatic heterocycles. The van der Waals surface area contributed by atoms with Crippen LogP contribution in [0.2, 0.25) is 5.02 Å². The van der Waals surface area contributed by atoms with Gasteiger partial charge in [0, 0.05) is 10.6 Å². The number of hydrogen-bond acceptors (Lipinski definition) is 2. The first-order valence-electron chi connectivity index (χ1n) is 11.3. The summed E-state index contributed by atoms with van der Waals surface area (Å²) in [4.78, 5) is 24.1. The molecule has 2 unspecified atom stereocenters. The number of carbonyl (C=O) groups excluding carboxylic acids is 2. The van der Waals surface area contributed by atoms with E-state index in [2.05, 4.69) is 0 Å². The van der Waals surface area contributed by atoms with Crippen molar-refractivity contribution in [3.63, 3.8) is 0 Å². The Hall–Kier alpha value is -3.29. The molecule has 2 aromatic rings. The minimum absolute atomic E-state index is 0.0147. The molecule has 0 aliphatic rings. The first kappa shape index (κ1) is 32.9. The van der Waals surface area contributed by atoms with E-state index in [4.69, 9.17) is 11.6 Å². The third kappa shape index (κ3) is 8.86. The molecule has 4 nitrogen and oxygen atoms in total. The minimum Gasteiger partial charge on any atom is -0.345 e. The maximum atomic E-state index is 15.0. The van der Waals surface area contributed by atoms with E-state index >= 15 is 0 Å². The zero-order valence-corrected chi connectivity index (χ0v) is 21.3. The minimum atomic E-state index is -5.31. The average molecular weight is 607 g/mol. The highest BCUT2D eigenvalue weighted by Gasteiger charge is 2.41. The summed E-state index contributed by atoms with van der Waals surface area (Å²) in [5, 5.41) is 3.22. The smallest absolute Gasteiger partial charge is 0.345 e. The molecule has 0 spiro atoms. The van der Waals surface area contributed by atoms with E-state index in [0.717, 1.165) is 19.1 Å². The summed E-state index contributed by atoms with van der Waals surface area (Å²) >= 11 is 5.97. The van der Waals surface area contributed by atoms with Gasteiger partial charge in [-0.2, -0.15) is 39.5 Å². The van der Waals surface area contributed by atoms with E-state index in [0.29, 0.717) is 24.1 Å². The highest BCUT2D eigenvalue weighted by molar-refractivity contribution is 6.31. The fourth-order valence-electron chi connectivity index (χ4n) is 3.47. The molecule has 0 saturated carbocycles. The Balaban J connectivity index is 2.43. The van der Waals surface area contributed by atoms with Gasteiger partial charge in [0.25, 0.3) is 5.91 Å². The van der Waals surface area contributed by atoms with Crippen LogP contribution in [0.1, 0.15) is 52.4 Å². The summed E-state index contributed by atoms with van der Waals surface area (Å²) in [6, 6.07) is 2.83. The number of halogens is 11. The lowest BCUT2D eigenvalue weighted by atomic mass is 9.94. The summed E-state index contributed by atoms with van der Waals surface area (Å²) in [5.41, 5.74) is -3.78. The molecule has 2 aromatic carbocycles. The van der Waals surface area contributed by atoms with Gasteiger partial charge < -0.3 is 10.6 Å². The molecule has 2 amide bonds. The molecule has 0 bridgehead atoms. The number of nitrogens with one attached hydrogen (secondary N) is 2. The van der Waals surface area contributed by atoms with Gasteiger partial charge in [-0.15, -0.1) is 0 Å². The molecule has 220 valence electrons. The number of benzene rings is 2. The molecular weight excluding hydrogens is 586 g/mol. The molecule has 0 heterocycles. The Labute approximate surface area is 226 Å². The zero-order valence-electron chi connectivity index (χ0n) is 20.6. The van der Waals surface area contributed by atoms with Gasteiger partial charge >= 0.3 is 18.5 Å². The van der Waals surface area contributed by atoms with Crippen molar-refractivity contribution in [2.24, 2.45) is 0 Å². The van der Waals surface area contributed by atoms with Gasteiger partial charge in [0.1, 0.15) is 24.3 Å². The first-order chi connectivity index (χ1) is 18.2. The quantitative estimate of drug-likeness (QED) is 0.308. The lowest BCUT2D eigenvalue weighted by Crippen LogP contribution is -2.47. The standard InChI is InChI=1S/C25H21ClF10N2O2/c1-3-13-4-5-14(9-19(13)26)17(24(31,32)33)10-20(27)15-6-7-16(18(8-15)25(34,35)36)22(40)38-12(2)21(39)37-11-23(28,29)30/h4-10,12,17H,3,11H2,1-2H3,(H,37,39)(H,38,40)/b20-10-. The molecule has 0 aliphatic carbocycles. The van der Waals surface area contributed by atoms with Crippen LogP contribution in [0.3, 0.4) is 0 Å². The Bertz CT molecular complexity index is 1270. The molecule has 2 N–H and O–H groups in total. The monoisotopic (exact) mass is 606 g/mol. The lowest BCUT2D eigenvalue weighted by Gasteiger charge is -2.19. The van der Waals surface area contributed by atoms with Crippen LogP contribution in [0.5, 0.6) is 0 Å². The number of aryl methyl sites for hydroxylation is 1. The van der Waals surface area contributed by atoms with E-state index in [1.165, 1.54) is 11.4 Å². The van der Waals surface area contributed by atoms with Crippen molar-refractivity contribution in [2.75, 3.05) is 6.54 Å². The second kappa shape index (κ2) is 12.5. The molecule has 2 atom stereocenters. The van der Waals surface area contributed by atoms with Crippen LogP contribution in [-0.4, -0.2) is 36.8 Å². The highest BCUT2D eigenvalue weighted by Crippen LogP contribution is 2.40. The lowest BCUT2D eigenvalue weighted by molar-refractivity contribution is -0.140. The molecule has 0 aliphatic heterocycles. The summed E-state index contributed by atoms with van der Waals surface area (Å²) in [7, 11) is 0. The van der Waals surface area contributed by atoms with E-state index in [1.54, 1.807) is 12.2 Å². The number of alkyl halides is 9. The fraction of sp³-hybridized carbons (Fsp3) is 0.360. The van der Waals surface area contributed by atoms with Crippen molar-refractivity contribution in [3.05, 3.63) is 75.3 Å². The van der Waals surface area contributed by atoms with Gasteiger partial charge in [-0.05, 0) is 48.7 Å². The third-order valence-corrected chi connectivity index (χ3v) is 5.88. The second-order valence-corrected chi connectivity index (χ2v) is 8.93. The summed E-state index contributed by atoms with van der Waals surface area (Å²) < 4.78 is 134. The van der Waals surface area contributed by atoms with Gasteiger partial charge in [0.15, 0.2) is 0 Å². The van der Waals surface area contributed by atoms with Crippen LogP contribution in [0, 0.1) is 0 Å². The summed E-state index contributed by atoms with van der Waals surface area (Å²) in [5.74, 6) is -7.16. The van der Waals surface area contributed by atoms with Crippen molar-refractivity contribution >= 4 is 29.2 Å². The maximum Gasteiger partial charge on any atom is 0.417 e. The molecular formula is C25H21ClF10N2O2. The van der Waals surface area contributed by atoms with Crippen LogP contribution in [0.15, 0.2) is 42.5 Å². The summed E-state index contributed by atoms with van der Waals surface area (Å²) in [6.45, 7) is 0.853. The molecule has 2 rings (SSSR count). The van der Waals surface area contributed by atoms with Crippen LogP contribution in [0.4, 0.5) is 43.9 Å². The number of carbonyl (C=O) groups is 2. The van der Waals surface area contributed by atoms with E-state index in [1.807, 2.05) is 0 Å². The predicted molar refractivity (Wildman–Crippen MR) is 126 cm³/mol. The SMILES string of the molecule is CCc1ccc(C(/C=C(\F)c2ccc(C(=O)NC(C)C(=O)NCC(F)(F)F)c(C(F)(F)F)c2)C(F)(F)F)cc1Cl.